The Morgan fingerprint density at radius 1 is 1.69 bits per heavy atom. The van der Waals surface area contributed by atoms with Crippen LogP contribution in [-0.4, -0.2) is 28.6 Å². The van der Waals surface area contributed by atoms with Gasteiger partial charge in [0.15, 0.2) is 5.13 Å². The Balaban J connectivity index is 1.95. The summed E-state index contributed by atoms with van der Waals surface area (Å²) in [5, 5.41) is 6.69. The van der Waals surface area contributed by atoms with Crippen LogP contribution >= 0.6 is 23.1 Å². The maximum atomic E-state index is 11.8. The van der Waals surface area contributed by atoms with Gasteiger partial charge in [0.2, 0.25) is 5.91 Å². The van der Waals surface area contributed by atoms with Crippen molar-refractivity contribution in [3.8, 4) is 0 Å². The molecule has 0 spiro atoms. The highest BCUT2D eigenvalue weighted by Gasteiger charge is 2.23. The average Bonchev–Trinajstić information content (AvgIpc) is 2.87. The van der Waals surface area contributed by atoms with E-state index >= 15 is 0 Å². The Morgan fingerprint density at radius 3 is 3.06 bits per heavy atom. The van der Waals surface area contributed by atoms with Crippen molar-refractivity contribution >= 4 is 34.1 Å². The second-order valence-electron chi connectivity index (χ2n) is 3.98. The molecular formula is C10H15N3OS2. The van der Waals surface area contributed by atoms with Crippen molar-refractivity contribution in [1.29, 1.82) is 0 Å². The second-order valence-corrected chi connectivity index (χ2v) is 6.08. The summed E-state index contributed by atoms with van der Waals surface area (Å²) in [6.45, 7) is 4.24. The highest BCUT2D eigenvalue weighted by Crippen LogP contribution is 2.25. The molecule has 4 nitrogen and oxygen atoms in total. The summed E-state index contributed by atoms with van der Waals surface area (Å²) < 4.78 is 0. The molecule has 1 amide bonds. The first kappa shape index (κ1) is 11.9. The fraction of sp³-hybridized carbons (Fsp3) is 0.600. The van der Waals surface area contributed by atoms with Crippen LogP contribution in [-0.2, 0) is 4.79 Å². The van der Waals surface area contributed by atoms with Gasteiger partial charge in [-0.15, -0.1) is 23.1 Å². The van der Waals surface area contributed by atoms with Gasteiger partial charge in [-0.1, -0.05) is 13.8 Å². The number of thiazole rings is 1. The lowest BCUT2D eigenvalue weighted by Crippen LogP contribution is -2.37. The number of hydrogen-bond acceptors (Lipinski definition) is 5. The number of anilines is 1. The van der Waals surface area contributed by atoms with Crippen molar-refractivity contribution in [2.75, 3.05) is 16.9 Å². The van der Waals surface area contributed by atoms with E-state index in [1.807, 2.05) is 6.20 Å². The van der Waals surface area contributed by atoms with Crippen LogP contribution in [0.3, 0.4) is 0 Å². The van der Waals surface area contributed by atoms with Gasteiger partial charge >= 0.3 is 0 Å². The molecule has 2 N–H and O–H groups in total. The van der Waals surface area contributed by atoms with Gasteiger partial charge in [0.1, 0.15) is 0 Å². The fourth-order valence-electron chi connectivity index (χ4n) is 1.37. The van der Waals surface area contributed by atoms with E-state index in [0.717, 1.165) is 11.6 Å². The molecule has 2 heterocycles. The quantitative estimate of drug-likeness (QED) is 0.868. The smallest absolute Gasteiger partial charge is 0.244 e. The van der Waals surface area contributed by atoms with Crippen molar-refractivity contribution in [2.24, 2.45) is 0 Å². The van der Waals surface area contributed by atoms with Gasteiger partial charge in [-0.2, -0.15) is 0 Å². The maximum absolute atomic E-state index is 11.8. The minimum Gasteiger partial charge on any atom is -0.301 e. The van der Waals surface area contributed by atoms with E-state index < -0.39 is 0 Å². The molecule has 16 heavy (non-hydrogen) atoms. The monoisotopic (exact) mass is 257 g/mol. The van der Waals surface area contributed by atoms with E-state index in [0.29, 0.717) is 11.0 Å². The molecule has 1 aromatic rings. The Kier molecular flexibility index (Phi) is 3.83. The number of nitrogens with one attached hydrogen (secondary N) is 2. The number of rotatable bonds is 3. The zero-order valence-corrected chi connectivity index (χ0v) is 11.0. The number of carbonyl (C=O) groups is 1. The lowest BCUT2D eigenvalue weighted by atomic mass is 10.2. The first-order valence-electron chi connectivity index (χ1n) is 5.24. The molecule has 2 rings (SSSR count). The number of aromatic nitrogens is 1. The molecule has 0 aliphatic carbocycles. The van der Waals surface area contributed by atoms with Crippen LogP contribution in [0.25, 0.3) is 0 Å². The van der Waals surface area contributed by atoms with Gasteiger partial charge in [0.25, 0.3) is 0 Å². The van der Waals surface area contributed by atoms with E-state index in [4.69, 9.17) is 0 Å². The highest BCUT2D eigenvalue weighted by atomic mass is 32.2. The summed E-state index contributed by atoms with van der Waals surface area (Å²) in [6.07, 6.45) is 1.84. The first-order chi connectivity index (χ1) is 7.66. The third kappa shape index (κ3) is 2.75. The average molecular weight is 257 g/mol. The molecule has 1 unspecified atom stereocenters. The molecule has 0 aromatic carbocycles. The molecule has 0 saturated carbocycles. The fourth-order valence-corrected chi connectivity index (χ4v) is 3.13. The lowest BCUT2D eigenvalue weighted by molar-refractivity contribution is -0.117. The Hall–Kier alpha value is -0.590. The number of amides is 1. The van der Waals surface area contributed by atoms with Crippen molar-refractivity contribution in [1.82, 2.24) is 10.3 Å². The predicted octanol–water partition coefficient (Wildman–Crippen LogP) is 1.87. The molecule has 1 aromatic heterocycles. The molecule has 0 bridgehead atoms. The molecule has 1 atom stereocenters. The zero-order valence-electron chi connectivity index (χ0n) is 9.32. The predicted molar refractivity (Wildman–Crippen MR) is 69.1 cm³/mol. The highest BCUT2D eigenvalue weighted by molar-refractivity contribution is 7.99. The van der Waals surface area contributed by atoms with E-state index in [2.05, 4.69) is 29.5 Å². The standard InChI is InChI=1S/C10H15N3OS2/c1-6(2)8-3-11-10(16-8)13-9(14)7-4-15-5-12-7/h3,6-7,12H,4-5H2,1-2H3,(H,11,13,14). The summed E-state index contributed by atoms with van der Waals surface area (Å²) in [5.74, 6) is 2.18. The van der Waals surface area contributed by atoms with Crippen LogP contribution in [0.5, 0.6) is 0 Å². The molecule has 1 saturated heterocycles. The van der Waals surface area contributed by atoms with E-state index in [-0.39, 0.29) is 11.9 Å². The number of hydrogen-bond donors (Lipinski definition) is 2. The number of carbonyl (C=O) groups excluding carboxylic acids is 1. The molecule has 6 heteroatoms. The molecule has 1 fully saturated rings. The van der Waals surface area contributed by atoms with Crippen LogP contribution in [0.15, 0.2) is 6.20 Å². The van der Waals surface area contributed by atoms with Gasteiger partial charge in [-0.3, -0.25) is 10.1 Å². The van der Waals surface area contributed by atoms with E-state index in [9.17, 15) is 4.79 Å². The normalized spacial score (nSPS) is 20.3. The van der Waals surface area contributed by atoms with Crippen LogP contribution in [0, 0.1) is 0 Å². The Morgan fingerprint density at radius 2 is 2.50 bits per heavy atom. The van der Waals surface area contributed by atoms with Gasteiger partial charge in [0, 0.05) is 22.7 Å². The zero-order chi connectivity index (χ0) is 11.5. The SMILES string of the molecule is CC(C)c1cnc(NC(=O)C2CSCN2)s1. The third-order valence-corrected chi connectivity index (χ3v) is 4.51. The minimum atomic E-state index is -0.0728. The summed E-state index contributed by atoms with van der Waals surface area (Å²) in [6, 6.07) is -0.0728. The first-order valence-corrected chi connectivity index (χ1v) is 7.21. The van der Waals surface area contributed by atoms with Gasteiger partial charge in [0.05, 0.1) is 6.04 Å². The van der Waals surface area contributed by atoms with Gasteiger partial charge < -0.3 is 5.32 Å². The van der Waals surface area contributed by atoms with E-state index in [1.165, 1.54) is 4.88 Å². The van der Waals surface area contributed by atoms with Crippen molar-refractivity contribution in [3.05, 3.63) is 11.1 Å². The Bertz CT molecular complexity index is 372. The number of nitrogens with zero attached hydrogens (tertiary/aromatic N) is 1. The number of thioether (sulfide) groups is 1. The Labute approximate surface area is 103 Å². The van der Waals surface area contributed by atoms with Crippen LogP contribution < -0.4 is 10.6 Å². The third-order valence-electron chi connectivity index (χ3n) is 2.36. The van der Waals surface area contributed by atoms with Gasteiger partial charge in [-0.05, 0) is 5.92 Å². The summed E-state index contributed by atoms with van der Waals surface area (Å²) in [7, 11) is 0. The molecule has 0 radical (unpaired) electrons. The topological polar surface area (TPSA) is 54.0 Å². The molecule has 1 aliphatic rings. The molecule has 1 aliphatic heterocycles. The lowest BCUT2D eigenvalue weighted by Gasteiger charge is -2.07. The van der Waals surface area contributed by atoms with Crippen LogP contribution in [0.4, 0.5) is 5.13 Å². The van der Waals surface area contributed by atoms with E-state index in [1.54, 1.807) is 23.1 Å². The maximum Gasteiger partial charge on any atom is 0.244 e. The van der Waals surface area contributed by atoms with Crippen molar-refractivity contribution in [2.45, 2.75) is 25.8 Å². The van der Waals surface area contributed by atoms with Crippen molar-refractivity contribution < 1.29 is 4.79 Å². The molecule has 88 valence electrons. The van der Waals surface area contributed by atoms with Gasteiger partial charge in [-0.25, -0.2) is 4.98 Å². The van der Waals surface area contributed by atoms with Crippen LogP contribution in [0.1, 0.15) is 24.6 Å². The minimum absolute atomic E-state index is 0.0228. The summed E-state index contributed by atoms with van der Waals surface area (Å²) in [4.78, 5) is 17.2. The van der Waals surface area contributed by atoms with Crippen LogP contribution in [0.2, 0.25) is 0 Å². The summed E-state index contributed by atoms with van der Waals surface area (Å²) in [5.41, 5.74) is 0. The largest absolute Gasteiger partial charge is 0.301 e. The second kappa shape index (κ2) is 5.16. The molecular weight excluding hydrogens is 242 g/mol. The summed E-state index contributed by atoms with van der Waals surface area (Å²) >= 11 is 3.29. The van der Waals surface area contributed by atoms with Crippen molar-refractivity contribution in [3.63, 3.8) is 0 Å².